The van der Waals surface area contributed by atoms with Crippen LogP contribution in [-0.4, -0.2) is 13.1 Å². The van der Waals surface area contributed by atoms with Gasteiger partial charge in [-0.25, -0.2) is 4.79 Å². The summed E-state index contributed by atoms with van der Waals surface area (Å²) in [5, 5.41) is 2.42. The van der Waals surface area contributed by atoms with Gasteiger partial charge in [-0.2, -0.15) is 0 Å². The van der Waals surface area contributed by atoms with Crippen LogP contribution in [0.4, 0.5) is 0 Å². The van der Waals surface area contributed by atoms with Crippen LogP contribution in [-0.2, 0) is 11.2 Å². The van der Waals surface area contributed by atoms with Crippen LogP contribution in [0.2, 0.25) is 9.36 Å². The molecule has 2 nitrogen and oxygen atoms in total. The molecule has 0 spiro atoms. The van der Waals surface area contributed by atoms with E-state index in [4.69, 9.17) is 27.9 Å². The van der Waals surface area contributed by atoms with Gasteiger partial charge in [0.15, 0.2) is 0 Å². The molecule has 2 aromatic rings. The van der Waals surface area contributed by atoms with Crippen LogP contribution in [0.25, 0.3) is 0 Å². The van der Waals surface area contributed by atoms with Crippen LogP contribution in [0.15, 0.2) is 29.6 Å². The van der Waals surface area contributed by atoms with Crippen LogP contribution >= 0.6 is 34.5 Å². The molecule has 0 aliphatic rings. The van der Waals surface area contributed by atoms with E-state index >= 15 is 0 Å². The van der Waals surface area contributed by atoms with Gasteiger partial charge in [0.25, 0.3) is 0 Å². The lowest BCUT2D eigenvalue weighted by Crippen LogP contribution is -2.05. The van der Waals surface area contributed by atoms with E-state index in [0.29, 0.717) is 21.3 Å². The Morgan fingerprint density at radius 1 is 1.33 bits per heavy atom. The second kappa shape index (κ2) is 5.74. The van der Waals surface area contributed by atoms with Crippen LogP contribution in [0.5, 0.6) is 0 Å². The summed E-state index contributed by atoms with van der Waals surface area (Å²) in [6.07, 6.45) is 0.520. The smallest absolute Gasteiger partial charge is 0.338 e. The third-order valence-electron chi connectivity index (χ3n) is 2.58. The number of halogens is 2. The average molecular weight is 301 g/mol. The van der Waals surface area contributed by atoms with E-state index in [1.54, 1.807) is 17.5 Å². The Morgan fingerprint density at radius 2 is 2.06 bits per heavy atom. The minimum Gasteiger partial charge on any atom is -0.465 e. The predicted molar refractivity (Wildman–Crippen MR) is 74.9 cm³/mol. The molecule has 1 aromatic heterocycles. The predicted octanol–water partition coefficient (Wildman–Crippen LogP) is 4.43. The molecule has 1 heterocycles. The Hall–Kier alpha value is -1.03. The highest BCUT2D eigenvalue weighted by Crippen LogP contribution is 2.33. The summed E-state index contributed by atoms with van der Waals surface area (Å²) < 4.78 is 5.41. The standard InChI is InChI=1S/C13H10Cl2O2S/c1-17-13(16)9-5-3-2-4-8(9)6-10-11(14)7-18-12(10)15/h2-5,7H,6H2,1H3. The third-order valence-corrected chi connectivity index (χ3v) is 4.35. The van der Waals surface area contributed by atoms with Crippen molar-refractivity contribution in [3.8, 4) is 0 Å². The molecule has 0 bridgehead atoms. The fourth-order valence-electron chi connectivity index (χ4n) is 1.67. The van der Waals surface area contributed by atoms with E-state index in [2.05, 4.69) is 0 Å². The first-order valence-corrected chi connectivity index (χ1v) is 6.84. The van der Waals surface area contributed by atoms with Gasteiger partial charge >= 0.3 is 5.97 Å². The molecule has 0 atom stereocenters. The van der Waals surface area contributed by atoms with Gasteiger partial charge in [0, 0.05) is 17.4 Å². The van der Waals surface area contributed by atoms with E-state index in [9.17, 15) is 4.79 Å². The second-order valence-corrected chi connectivity index (χ2v) is 5.55. The van der Waals surface area contributed by atoms with Gasteiger partial charge in [-0.15, -0.1) is 11.3 Å². The number of carbonyl (C=O) groups excluding carboxylic acids is 1. The van der Waals surface area contributed by atoms with E-state index in [-0.39, 0.29) is 5.97 Å². The molecular weight excluding hydrogens is 291 g/mol. The summed E-state index contributed by atoms with van der Waals surface area (Å²) in [5.74, 6) is -0.354. The molecular formula is C13H10Cl2O2S. The average Bonchev–Trinajstić information content (AvgIpc) is 2.70. The number of ether oxygens (including phenoxy) is 1. The number of hydrogen-bond donors (Lipinski definition) is 0. The number of benzene rings is 1. The van der Waals surface area contributed by atoms with Gasteiger partial charge in [0.05, 0.1) is 22.0 Å². The number of carbonyl (C=O) groups is 1. The first-order chi connectivity index (χ1) is 8.63. The van der Waals surface area contributed by atoms with E-state index in [0.717, 1.165) is 11.1 Å². The highest BCUT2D eigenvalue weighted by atomic mass is 35.5. The molecule has 0 aliphatic carbocycles. The SMILES string of the molecule is COC(=O)c1ccccc1Cc1c(Cl)csc1Cl. The molecule has 0 saturated carbocycles. The summed E-state index contributed by atoms with van der Waals surface area (Å²) in [5.41, 5.74) is 2.24. The molecule has 0 radical (unpaired) electrons. The van der Waals surface area contributed by atoms with Crippen LogP contribution in [0, 0.1) is 0 Å². The molecule has 94 valence electrons. The number of rotatable bonds is 3. The summed E-state index contributed by atoms with van der Waals surface area (Å²) in [6, 6.07) is 7.27. The van der Waals surface area contributed by atoms with E-state index in [1.807, 2.05) is 12.1 Å². The van der Waals surface area contributed by atoms with Crippen molar-refractivity contribution in [3.05, 3.63) is 55.7 Å². The maximum Gasteiger partial charge on any atom is 0.338 e. The van der Waals surface area contributed by atoms with Gasteiger partial charge in [-0.1, -0.05) is 41.4 Å². The minimum absolute atomic E-state index is 0.354. The number of methoxy groups -OCH3 is 1. The zero-order chi connectivity index (χ0) is 13.1. The summed E-state index contributed by atoms with van der Waals surface area (Å²) in [7, 11) is 1.36. The van der Waals surface area contributed by atoms with Crippen molar-refractivity contribution in [1.82, 2.24) is 0 Å². The van der Waals surface area contributed by atoms with Crippen molar-refractivity contribution in [1.29, 1.82) is 0 Å². The lowest BCUT2D eigenvalue weighted by Gasteiger charge is -2.07. The highest BCUT2D eigenvalue weighted by molar-refractivity contribution is 7.15. The topological polar surface area (TPSA) is 26.3 Å². The Kier molecular flexibility index (Phi) is 4.27. The summed E-state index contributed by atoms with van der Waals surface area (Å²) in [6.45, 7) is 0. The second-order valence-electron chi connectivity index (χ2n) is 3.66. The van der Waals surface area contributed by atoms with Crippen LogP contribution in [0.1, 0.15) is 21.5 Å². The fourth-order valence-corrected chi connectivity index (χ4v) is 3.04. The highest BCUT2D eigenvalue weighted by Gasteiger charge is 2.15. The lowest BCUT2D eigenvalue weighted by molar-refractivity contribution is 0.0599. The van der Waals surface area contributed by atoms with Gasteiger partial charge in [0.1, 0.15) is 0 Å². The van der Waals surface area contributed by atoms with Crippen molar-refractivity contribution in [2.24, 2.45) is 0 Å². The molecule has 0 amide bonds. The molecule has 5 heteroatoms. The maximum atomic E-state index is 11.6. The van der Waals surface area contributed by atoms with Gasteiger partial charge in [0.2, 0.25) is 0 Å². The van der Waals surface area contributed by atoms with Crippen molar-refractivity contribution in [2.45, 2.75) is 6.42 Å². The number of esters is 1. The molecule has 2 rings (SSSR count). The molecule has 18 heavy (non-hydrogen) atoms. The Bertz CT molecular complexity index is 559. The normalized spacial score (nSPS) is 10.4. The van der Waals surface area contributed by atoms with Gasteiger partial charge in [-0.3, -0.25) is 0 Å². The first kappa shape index (κ1) is 13.4. The molecule has 0 unspecified atom stereocenters. The zero-order valence-corrected chi connectivity index (χ0v) is 11.9. The monoisotopic (exact) mass is 300 g/mol. The molecule has 0 saturated heterocycles. The number of thiophene rings is 1. The lowest BCUT2D eigenvalue weighted by atomic mass is 10.0. The summed E-state index contributed by atoms with van der Waals surface area (Å²) >= 11 is 13.5. The summed E-state index contributed by atoms with van der Waals surface area (Å²) in [4.78, 5) is 11.6. The molecule has 0 fully saturated rings. The largest absolute Gasteiger partial charge is 0.465 e. The molecule has 1 aromatic carbocycles. The zero-order valence-electron chi connectivity index (χ0n) is 9.57. The minimum atomic E-state index is -0.354. The van der Waals surface area contributed by atoms with E-state index in [1.165, 1.54) is 18.4 Å². The Balaban J connectivity index is 2.38. The van der Waals surface area contributed by atoms with Gasteiger partial charge in [-0.05, 0) is 11.6 Å². The quantitative estimate of drug-likeness (QED) is 0.784. The fraction of sp³-hybridized carbons (Fsp3) is 0.154. The molecule has 0 N–H and O–H groups in total. The third kappa shape index (κ3) is 2.69. The Labute approximate surface area is 119 Å². The van der Waals surface area contributed by atoms with Crippen LogP contribution in [0.3, 0.4) is 0 Å². The van der Waals surface area contributed by atoms with Crippen molar-refractivity contribution in [3.63, 3.8) is 0 Å². The van der Waals surface area contributed by atoms with Crippen LogP contribution < -0.4 is 0 Å². The van der Waals surface area contributed by atoms with Crippen molar-refractivity contribution < 1.29 is 9.53 Å². The Morgan fingerprint density at radius 3 is 2.67 bits per heavy atom. The van der Waals surface area contributed by atoms with Crippen molar-refractivity contribution in [2.75, 3.05) is 7.11 Å². The van der Waals surface area contributed by atoms with Gasteiger partial charge < -0.3 is 4.74 Å². The van der Waals surface area contributed by atoms with E-state index < -0.39 is 0 Å². The first-order valence-electron chi connectivity index (χ1n) is 5.21. The number of hydrogen-bond acceptors (Lipinski definition) is 3. The molecule has 0 aliphatic heterocycles. The maximum absolute atomic E-state index is 11.6. The van der Waals surface area contributed by atoms with Crippen molar-refractivity contribution >= 4 is 40.5 Å².